The molecule has 0 radical (unpaired) electrons. The van der Waals surface area contributed by atoms with Crippen molar-refractivity contribution in [3.8, 4) is 0 Å². The normalized spacial score (nSPS) is 18.3. The van der Waals surface area contributed by atoms with E-state index in [2.05, 4.69) is 9.80 Å². The summed E-state index contributed by atoms with van der Waals surface area (Å²) in [6.07, 6.45) is 0.983. The molecular weight excluding hydrogens is 292 g/mol. The maximum Gasteiger partial charge on any atom is 0.350 e. The number of nitrogens with two attached hydrogens (primary N) is 2. The van der Waals surface area contributed by atoms with Gasteiger partial charge in [0.1, 0.15) is 9.88 Å². The van der Waals surface area contributed by atoms with Gasteiger partial charge in [-0.05, 0) is 20.5 Å². The lowest BCUT2D eigenvalue weighted by atomic mass is 10.2. The van der Waals surface area contributed by atoms with Gasteiger partial charge in [0.05, 0.1) is 18.4 Å². The fourth-order valence-electron chi connectivity index (χ4n) is 2.48. The number of thiophene rings is 1. The lowest BCUT2D eigenvalue weighted by Crippen LogP contribution is -2.31. The van der Waals surface area contributed by atoms with E-state index in [0.29, 0.717) is 11.0 Å². The van der Waals surface area contributed by atoms with Crippen LogP contribution in [0.2, 0.25) is 0 Å². The molecule has 0 bridgehead atoms. The molecule has 1 aromatic heterocycles. The first-order chi connectivity index (χ1) is 9.86. The second kappa shape index (κ2) is 5.90. The molecule has 1 unspecified atom stereocenters. The number of esters is 1. The van der Waals surface area contributed by atoms with Crippen molar-refractivity contribution in [3.63, 3.8) is 0 Å². The number of hydrogen-bond acceptors (Lipinski definition) is 7. The summed E-state index contributed by atoms with van der Waals surface area (Å²) in [7, 11) is 5.32. The number of anilines is 2. The highest BCUT2D eigenvalue weighted by molar-refractivity contribution is 7.19. The summed E-state index contributed by atoms with van der Waals surface area (Å²) in [6, 6.07) is 0.399. The van der Waals surface area contributed by atoms with Crippen molar-refractivity contribution in [1.29, 1.82) is 0 Å². The summed E-state index contributed by atoms with van der Waals surface area (Å²) < 4.78 is 4.70. The third-order valence-electron chi connectivity index (χ3n) is 3.72. The number of primary amides is 1. The molecule has 2 rings (SSSR count). The van der Waals surface area contributed by atoms with Crippen molar-refractivity contribution in [2.75, 3.05) is 44.9 Å². The number of likely N-dealkylation sites (N-methyl/N-ethyl adjacent to an activating group) is 1. The third-order valence-corrected chi connectivity index (χ3v) is 4.97. The minimum Gasteiger partial charge on any atom is -0.465 e. The van der Waals surface area contributed by atoms with Crippen LogP contribution in [0.4, 0.5) is 10.7 Å². The molecule has 2 heterocycles. The first-order valence-electron chi connectivity index (χ1n) is 6.58. The molecule has 7 nitrogen and oxygen atoms in total. The predicted molar refractivity (Wildman–Crippen MR) is 82.9 cm³/mol. The molecule has 8 heteroatoms. The number of methoxy groups -OCH3 is 1. The van der Waals surface area contributed by atoms with E-state index in [-0.39, 0.29) is 16.1 Å². The van der Waals surface area contributed by atoms with Crippen LogP contribution < -0.4 is 16.4 Å². The Morgan fingerprint density at radius 2 is 2.10 bits per heavy atom. The number of rotatable bonds is 4. The molecule has 0 spiro atoms. The SMILES string of the molecule is COC(=O)c1sc(N2CCC(N(C)C)C2)c(C(N)=O)c1N. The smallest absolute Gasteiger partial charge is 0.350 e. The van der Waals surface area contributed by atoms with Gasteiger partial charge < -0.3 is 26.0 Å². The predicted octanol–water partition coefficient (Wildman–Crippen LogP) is 0.356. The fourth-order valence-corrected chi connectivity index (χ4v) is 3.66. The number of carbonyl (C=O) groups is 2. The molecule has 1 saturated heterocycles. The highest BCUT2D eigenvalue weighted by Gasteiger charge is 2.32. The summed E-state index contributed by atoms with van der Waals surface area (Å²) >= 11 is 1.17. The van der Waals surface area contributed by atoms with Crippen LogP contribution in [0.1, 0.15) is 26.5 Å². The van der Waals surface area contributed by atoms with Gasteiger partial charge in [0.2, 0.25) is 0 Å². The Balaban J connectivity index is 2.39. The Bertz CT molecular complexity index is 570. The molecule has 1 aliphatic heterocycles. The lowest BCUT2D eigenvalue weighted by Gasteiger charge is -2.21. The van der Waals surface area contributed by atoms with Gasteiger partial charge in [0.15, 0.2) is 0 Å². The Morgan fingerprint density at radius 3 is 2.57 bits per heavy atom. The van der Waals surface area contributed by atoms with Crippen LogP contribution in [0.5, 0.6) is 0 Å². The summed E-state index contributed by atoms with van der Waals surface area (Å²) in [5.74, 6) is -1.17. The number of carbonyl (C=O) groups excluding carboxylic acids is 2. The van der Waals surface area contributed by atoms with Crippen molar-refractivity contribution < 1.29 is 14.3 Å². The molecular formula is C13H20N4O3S. The van der Waals surface area contributed by atoms with E-state index < -0.39 is 11.9 Å². The van der Waals surface area contributed by atoms with Crippen molar-refractivity contribution in [3.05, 3.63) is 10.4 Å². The number of nitrogens with zero attached hydrogens (tertiary/aromatic N) is 2. The average molecular weight is 312 g/mol. The number of hydrogen-bond donors (Lipinski definition) is 2. The van der Waals surface area contributed by atoms with Crippen LogP contribution in [0.25, 0.3) is 0 Å². The van der Waals surface area contributed by atoms with Crippen molar-refractivity contribution in [2.24, 2.45) is 5.73 Å². The minimum absolute atomic E-state index is 0.114. The van der Waals surface area contributed by atoms with Crippen molar-refractivity contribution in [1.82, 2.24) is 4.90 Å². The number of ether oxygens (including phenoxy) is 1. The van der Waals surface area contributed by atoms with Crippen molar-refractivity contribution in [2.45, 2.75) is 12.5 Å². The van der Waals surface area contributed by atoms with Crippen LogP contribution >= 0.6 is 11.3 Å². The van der Waals surface area contributed by atoms with Gasteiger partial charge in [0.25, 0.3) is 5.91 Å². The largest absolute Gasteiger partial charge is 0.465 e. The van der Waals surface area contributed by atoms with E-state index in [4.69, 9.17) is 16.2 Å². The van der Waals surface area contributed by atoms with E-state index >= 15 is 0 Å². The van der Waals surface area contributed by atoms with E-state index in [1.807, 2.05) is 14.1 Å². The summed E-state index contributed by atoms with van der Waals surface area (Å²) in [6.45, 7) is 1.57. The average Bonchev–Trinajstić information content (AvgIpc) is 3.01. The monoisotopic (exact) mass is 312 g/mol. The van der Waals surface area contributed by atoms with Gasteiger partial charge in [-0.1, -0.05) is 0 Å². The van der Waals surface area contributed by atoms with Crippen LogP contribution in [0.15, 0.2) is 0 Å². The zero-order valence-corrected chi connectivity index (χ0v) is 13.2. The molecule has 0 aromatic carbocycles. The van der Waals surface area contributed by atoms with Gasteiger partial charge in [-0.15, -0.1) is 11.3 Å². The molecule has 1 fully saturated rings. The molecule has 4 N–H and O–H groups in total. The molecule has 1 aliphatic rings. The zero-order valence-electron chi connectivity index (χ0n) is 12.4. The zero-order chi connectivity index (χ0) is 15.7. The lowest BCUT2D eigenvalue weighted by molar-refractivity contribution is 0.0607. The van der Waals surface area contributed by atoms with Gasteiger partial charge in [-0.3, -0.25) is 4.79 Å². The maximum atomic E-state index is 11.7. The standard InChI is InChI=1S/C13H20N4O3S/c1-16(2)7-4-5-17(6-7)12-8(11(15)18)9(14)10(21-12)13(19)20-3/h7H,4-6,14H2,1-3H3,(H2,15,18). The third kappa shape index (κ3) is 2.81. The van der Waals surface area contributed by atoms with Gasteiger partial charge in [0, 0.05) is 19.1 Å². The maximum absolute atomic E-state index is 11.7. The van der Waals surface area contributed by atoms with E-state index in [1.54, 1.807) is 0 Å². The number of amides is 1. The fraction of sp³-hybridized carbons (Fsp3) is 0.538. The quantitative estimate of drug-likeness (QED) is 0.778. The van der Waals surface area contributed by atoms with E-state index in [1.165, 1.54) is 18.4 Å². The summed E-state index contributed by atoms with van der Waals surface area (Å²) in [5, 5.41) is 0.657. The second-order valence-corrected chi connectivity index (χ2v) is 6.23. The minimum atomic E-state index is -0.623. The molecule has 21 heavy (non-hydrogen) atoms. The summed E-state index contributed by atoms with van der Waals surface area (Å²) in [5.41, 5.74) is 11.7. The second-order valence-electron chi connectivity index (χ2n) is 5.23. The summed E-state index contributed by atoms with van der Waals surface area (Å²) in [4.78, 5) is 27.9. The van der Waals surface area contributed by atoms with Gasteiger partial charge in [-0.25, -0.2) is 4.79 Å². The van der Waals surface area contributed by atoms with Crippen LogP contribution in [0, 0.1) is 0 Å². The number of nitrogen functional groups attached to an aromatic ring is 1. The Morgan fingerprint density at radius 1 is 1.43 bits per heavy atom. The molecule has 1 aromatic rings. The van der Waals surface area contributed by atoms with Crippen molar-refractivity contribution >= 4 is 33.9 Å². The topological polar surface area (TPSA) is 102 Å². The van der Waals surface area contributed by atoms with Crippen LogP contribution in [-0.2, 0) is 4.74 Å². The molecule has 0 aliphatic carbocycles. The molecule has 116 valence electrons. The molecule has 1 atom stereocenters. The molecule has 1 amide bonds. The first kappa shape index (κ1) is 15.6. The van der Waals surface area contributed by atoms with Crippen LogP contribution in [-0.4, -0.2) is 57.1 Å². The van der Waals surface area contributed by atoms with Crippen LogP contribution in [0.3, 0.4) is 0 Å². The first-order valence-corrected chi connectivity index (χ1v) is 7.40. The molecule has 0 saturated carbocycles. The Kier molecular flexibility index (Phi) is 4.38. The highest BCUT2D eigenvalue weighted by Crippen LogP contribution is 2.40. The van der Waals surface area contributed by atoms with E-state index in [9.17, 15) is 9.59 Å². The highest BCUT2D eigenvalue weighted by atomic mass is 32.1. The Labute approximate surface area is 127 Å². The Hall–Kier alpha value is -1.80. The van der Waals surface area contributed by atoms with Gasteiger partial charge in [-0.2, -0.15) is 0 Å². The van der Waals surface area contributed by atoms with E-state index in [0.717, 1.165) is 19.5 Å². The van der Waals surface area contributed by atoms with Gasteiger partial charge >= 0.3 is 5.97 Å².